The van der Waals surface area contributed by atoms with Gasteiger partial charge >= 0.3 is 0 Å². The minimum atomic E-state index is 0.268. The van der Waals surface area contributed by atoms with E-state index in [1.54, 1.807) is 0 Å². The lowest BCUT2D eigenvalue weighted by atomic mass is 10.1. The van der Waals surface area contributed by atoms with Gasteiger partial charge in [-0.25, -0.2) is 0 Å². The number of ether oxygens (including phenoxy) is 1. The molecule has 0 amide bonds. The largest absolute Gasteiger partial charge is 0.484 e. The molecule has 3 rings (SSSR count). The molecular formula is C18H18N2O2. The van der Waals surface area contributed by atoms with Crippen LogP contribution in [0.15, 0.2) is 53.1 Å². The van der Waals surface area contributed by atoms with Crippen LogP contribution >= 0.6 is 0 Å². The van der Waals surface area contributed by atoms with Crippen LogP contribution in [0.25, 0.3) is 11.4 Å². The van der Waals surface area contributed by atoms with Crippen molar-refractivity contribution in [2.75, 3.05) is 0 Å². The zero-order chi connectivity index (χ0) is 15.4. The maximum Gasteiger partial charge on any atom is 0.264 e. The van der Waals surface area contributed by atoms with Crippen LogP contribution in [0.4, 0.5) is 0 Å². The molecule has 0 N–H and O–H groups in total. The number of benzene rings is 2. The fourth-order valence-corrected chi connectivity index (χ4v) is 2.10. The Hall–Kier alpha value is -2.62. The Morgan fingerprint density at radius 2 is 1.73 bits per heavy atom. The van der Waals surface area contributed by atoms with E-state index < -0.39 is 0 Å². The summed E-state index contributed by atoms with van der Waals surface area (Å²) in [4.78, 5) is 4.36. The van der Waals surface area contributed by atoms with Gasteiger partial charge in [0.05, 0.1) is 0 Å². The molecule has 0 unspecified atom stereocenters. The Morgan fingerprint density at radius 1 is 1.00 bits per heavy atom. The molecule has 22 heavy (non-hydrogen) atoms. The van der Waals surface area contributed by atoms with Gasteiger partial charge in [0, 0.05) is 5.56 Å². The number of aromatic nitrogens is 2. The fourth-order valence-electron chi connectivity index (χ4n) is 2.10. The molecule has 0 atom stereocenters. The van der Waals surface area contributed by atoms with Gasteiger partial charge in [-0.15, -0.1) is 0 Å². The van der Waals surface area contributed by atoms with E-state index in [0.29, 0.717) is 11.7 Å². The Kier molecular flexibility index (Phi) is 4.19. The molecule has 0 saturated heterocycles. The number of rotatable bonds is 5. The van der Waals surface area contributed by atoms with Crippen LogP contribution in [0.3, 0.4) is 0 Å². The molecule has 0 spiro atoms. The summed E-state index contributed by atoms with van der Waals surface area (Å²) in [7, 11) is 0. The summed E-state index contributed by atoms with van der Waals surface area (Å²) in [5.41, 5.74) is 3.42. The summed E-state index contributed by atoms with van der Waals surface area (Å²) in [6.45, 7) is 4.44. The molecule has 4 nitrogen and oxygen atoms in total. The average molecular weight is 294 g/mol. The SMILES string of the molecule is CCc1ccc(OCc2nc(-c3ccc(C)cc3)no2)cc1. The molecular weight excluding hydrogens is 276 g/mol. The van der Waals surface area contributed by atoms with Crippen molar-refractivity contribution < 1.29 is 9.26 Å². The van der Waals surface area contributed by atoms with E-state index in [1.807, 2.05) is 43.3 Å². The standard InChI is InChI=1S/C18H18N2O2/c1-3-14-6-10-16(11-7-14)21-12-17-19-18(20-22-17)15-8-4-13(2)5-9-15/h4-11H,3,12H2,1-2H3. The summed E-state index contributed by atoms with van der Waals surface area (Å²) in [5.74, 6) is 1.85. The normalized spacial score (nSPS) is 10.6. The van der Waals surface area contributed by atoms with E-state index >= 15 is 0 Å². The summed E-state index contributed by atoms with van der Waals surface area (Å²) in [5, 5.41) is 3.99. The van der Waals surface area contributed by atoms with E-state index in [1.165, 1.54) is 11.1 Å². The summed E-state index contributed by atoms with van der Waals surface area (Å²) >= 11 is 0. The minimum absolute atomic E-state index is 0.268. The van der Waals surface area contributed by atoms with Crippen molar-refractivity contribution in [3.8, 4) is 17.1 Å². The summed E-state index contributed by atoms with van der Waals surface area (Å²) < 4.78 is 10.9. The zero-order valence-corrected chi connectivity index (χ0v) is 12.7. The maximum atomic E-state index is 5.66. The van der Waals surface area contributed by atoms with Gasteiger partial charge < -0.3 is 9.26 Å². The third kappa shape index (κ3) is 3.34. The number of hydrogen-bond donors (Lipinski definition) is 0. The van der Waals surface area contributed by atoms with E-state index in [0.717, 1.165) is 17.7 Å². The summed E-state index contributed by atoms with van der Waals surface area (Å²) in [6.07, 6.45) is 1.02. The van der Waals surface area contributed by atoms with Gasteiger partial charge in [0.25, 0.3) is 5.89 Å². The molecule has 0 fully saturated rings. The molecule has 1 aromatic heterocycles. The summed E-state index contributed by atoms with van der Waals surface area (Å²) in [6, 6.07) is 16.0. The molecule has 4 heteroatoms. The third-order valence-electron chi connectivity index (χ3n) is 3.47. The van der Waals surface area contributed by atoms with Gasteiger partial charge in [-0.2, -0.15) is 4.98 Å². The Balaban J connectivity index is 1.65. The third-order valence-corrected chi connectivity index (χ3v) is 3.47. The van der Waals surface area contributed by atoms with Crippen molar-refractivity contribution in [1.82, 2.24) is 10.1 Å². The second kappa shape index (κ2) is 6.43. The van der Waals surface area contributed by atoms with Gasteiger partial charge in [0.15, 0.2) is 6.61 Å². The first-order chi connectivity index (χ1) is 10.7. The first-order valence-corrected chi connectivity index (χ1v) is 7.36. The number of nitrogens with zero attached hydrogens (tertiary/aromatic N) is 2. The second-order valence-electron chi connectivity index (χ2n) is 5.16. The van der Waals surface area contributed by atoms with Gasteiger partial charge in [0.2, 0.25) is 5.82 Å². The van der Waals surface area contributed by atoms with Crippen molar-refractivity contribution in [2.24, 2.45) is 0 Å². The van der Waals surface area contributed by atoms with Crippen molar-refractivity contribution >= 4 is 0 Å². The minimum Gasteiger partial charge on any atom is -0.484 e. The molecule has 112 valence electrons. The van der Waals surface area contributed by atoms with Crippen LogP contribution in [0.2, 0.25) is 0 Å². The average Bonchev–Trinajstić information content (AvgIpc) is 3.03. The fraction of sp³-hybridized carbons (Fsp3) is 0.222. The monoisotopic (exact) mass is 294 g/mol. The van der Waals surface area contributed by atoms with Crippen LogP contribution in [0.1, 0.15) is 23.9 Å². The van der Waals surface area contributed by atoms with Crippen molar-refractivity contribution in [3.05, 3.63) is 65.5 Å². The molecule has 0 radical (unpaired) electrons. The smallest absolute Gasteiger partial charge is 0.264 e. The molecule has 2 aromatic carbocycles. The molecule has 3 aromatic rings. The predicted molar refractivity (Wildman–Crippen MR) is 84.6 cm³/mol. The van der Waals surface area contributed by atoms with Gasteiger partial charge in [-0.05, 0) is 31.0 Å². The topological polar surface area (TPSA) is 48.2 Å². The number of aryl methyl sites for hydroxylation is 2. The van der Waals surface area contributed by atoms with E-state index in [-0.39, 0.29) is 6.61 Å². The highest BCUT2D eigenvalue weighted by Gasteiger charge is 2.09. The van der Waals surface area contributed by atoms with E-state index in [4.69, 9.17) is 9.26 Å². The lowest BCUT2D eigenvalue weighted by Crippen LogP contribution is -1.96. The Morgan fingerprint density at radius 3 is 2.41 bits per heavy atom. The van der Waals surface area contributed by atoms with Crippen LogP contribution in [-0.2, 0) is 13.0 Å². The van der Waals surface area contributed by atoms with Crippen molar-refractivity contribution in [3.63, 3.8) is 0 Å². The van der Waals surface area contributed by atoms with E-state index in [2.05, 4.69) is 29.2 Å². The Labute approximate surface area is 129 Å². The van der Waals surface area contributed by atoms with Gasteiger partial charge in [-0.3, -0.25) is 0 Å². The molecule has 0 bridgehead atoms. The molecule has 0 aliphatic heterocycles. The first kappa shape index (κ1) is 14.3. The van der Waals surface area contributed by atoms with E-state index in [9.17, 15) is 0 Å². The van der Waals surface area contributed by atoms with Crippen molar-refractivity contribution in [1.29, 1.82) is 0 Å². The molecule has 0 aliphatic carbocycles. The predicted octanol–water partition coefficient (Wildman–Crippen LogP) is 4.19. The van der Waals surface area contributed by atoms with Crippen LogP contribution < -0.4 is 4.74 Å². The van der Waals surface area contributed by atoms with Crippen molar-refractivity contribution in [2.45, 2.75) is 26.9 Å². The Bertz CT molecular complexity index is 731. The highest BCUT2D eigenvalue weighted by Crippen LogP contribution is 2.18. The van der Waals surface area contributed by atoms with Crippen LogP contribution in [0, 0.1) is 6.92 Å². The zero-order valence-electron chi connectivity index (χ0n) is 12.7. The van der Waals surface area contributed by atoms with Crippen LogP contribution in [-0.4, -0.2) is 10.1 Å². The molecule has 1 heterocycles. The van der Waals surface area contributed by atoms with Gasteiger partial charge in [-0.1, -0.05) is 54.0 Å². The molecule has 0 saturated carbocycles. The lowest BCUT2D eigenvalue weighted by molar-refractivity contribution is 0.243. The quantitative estimate of drug-likeness (QED) is 0.708. The highest BCUT2D eigenvalue weighted by molar-refractivity contribution is 5.54. The first-order valence-electron chi connectivity index (χ1n) is 7.36. The second-order valence-corrected chi connectivity index (χ2v) is 5.16. The number of hydrogen-bond acceptors (Lipinski definition) is 4. The molecule has 0 aliphatic rings. The maximum absolute atomic E-state index is 5.66. The lowest BCUT2D eigenvalue weighted by Gasteiger charge is -2.03. The van der Waals surface area contributed by atoms with Gasteiger partial charge in [0.1, 0.15) is 5.75 Å². The highest BCUT2D eigenvalue weighted by atomic mass is 16.5. The van der Waals surface area contributed by atoms with Crippen LogP contribution in [0.5, 0.6) is 5.75 Å².